The van der Waals surface area contributed by atoms with Gasteiger partial charge in [0.25, 0.3) is 0 Å². The minimum Gasteiger partial charge on any atom is -0.297 e. The second-order valence-corrected chi connectivity index (χ2v) is 5.37. The Bertz CT molecular complexity index is 202. The first-order valence-electron chi connectivity index (χ1n) is 5.72. The Labute approximate surface area is 88.9 Å². The van der Waals surface area contributed by atoms with Crippen molar-refractivity contribution in [3.63, 3.8) is 0 Å². The van der Waals surface area contributed by atoms with Crippen LogP contribution in [0.2, 0.25) is 0 Å². The Balaban J connectivity index is 2.39. The Hall–Kier alpha value is -0.480. The van der Waals surface area contributed by atoms with Crippen LogP contribution in [0.5, 0.6) is 0 Å². The Morgan fingerprint density at radius 3 is 2.36 bits per heavy atom. The van der Waals surface area contributed by atoms with Crippen molar-refractivity contribution >= 4 is 0 Å². The predicted molar refractivity (Wildman–Crippen MR) is 62.1 cm³/mol. The molecule has 0 bridgehead atoms. The fourth-order valence-electron chi connectivity index (χ4n) is 1.89. The Morgan fingerprint density at radius 2 is 2.00 bits per heavy atom. The van der Waals surface area contributed by atoms with Crippen molar-refractivity contribution in [2.45, 2.75) is 52.0 Å². The molecule has 80 valence electrons. The minimum atomic E-state index is 0.270. The van der Waals surface area contributed by atoms with Crippen LogP contribution in [-0.2, 0) is 0 Å². The lowest BCUT2D eigenvalue weighted by atomic mass is 9.84. The molecule has 0 aromatic carbocycles. The van der Waals surface area contributed by atoms with Crippen molar-refractivity contribution in [1.82, 2.24) is 4.90 Å². The summed E-state index contributed by atoms with van der Waals surface area (Å²) in [6.45, 7) is 9.13. The minimum absolute atomic E-state index is 0.270. The highest BCUT2D eigenvalue weighted by Gasteiger charge is 2.26. The average Bonchev–Trinajstić information content (AvgIpc) is 1.99. The molecule has 1 saturated carbocycles. The first-order chi connectivity index (χ1) is 6.54. The van der Waals surface area contributed by atoms with Crippen LogP contribution in [0.3, 0.4) is 0 Å². The zero-order chi connectivity index (χ0) is 10.6. The number of hydrogen-bond donors (Lipinski definition) is 0. The highest BCUT2D eigenvalue weighted by Crippen LogP contribution is 2.29. The average molecular weight is 193 g/mol. The quantitative estimate of drug-likeness (QED) is 0.621. The molecule has 1 fully saturated rings. The van der Waals surface area contributed by atoms with Crippen molar-refractivity contribution in [3.05, 3.63) is 0 Å². The molecule has 0 atom stereocenters. The number of nitrogens with zero attached hydrogens (tertiary/aromatic N) is 1. The van der Waals surface area contributed by atoms with Gasteiger partial charge in [-0.15, -0.1) is 12.3 Å². The third kappa shape index (κ3) is 3.35. The molecule has 1 nitrogen and oxygen atoms in total. The van der Waals surface area contributed by atoms with E-state index in [1.807, 2.05) is 0 Å². The summed E-state index contributed by atoms with van der Waals surface area (Å²) in [4.78, 5) is 2.54. The normalized spacial score (nSPS) is 17.9. The molecule has 0 amide bonds. The number of terminal acetylenes is 1. The maximum absolute atomic E-state index is 5.32. The third-order valence-corrected chi connectivity index (χ3v) is 3.18. The van der Waals surface area contributed by atoms with Crippen LogP contribution in [0.15, 0.2) is 0 Å². The smallest absolute Gasteiger partial charge is 0.0214 e. The number of hydrogen-bond acceptors (Lipinski definition) is 1. The van der Waals surface area contributed by atoms with Gasteiger partial charge in [-0.3, -0.25) is 4.90 Å². The maximum Gasteiger partial charge on any atom is 0.0214 e. The van der Waals surface area contributed by atoms with Crippen LogP contribution in [0, 0.1) is 18.3 Å². The molecule has 0 heterocycles. The van der Waals surface area contributed by atoms with Gasteiger partial charge < -0.3 is 0 Å². The van der Waals surface area contributed by atoms with Gasteiger partial charge in [0.1, 0.15) is 0 Å². The monoisotopic (exact) mass is 193 g/mol. The van der Waals surface area contributed by atoms with Crippen LogP contribution < -0.4 is 0 Å². The summed E-state index contributed by atoms with van der Waals surface area (Å²) in [5.41, 5.74) is 0.270. The third-order valence-electron chi connectivity index (χ3n) is 3.18. The second-order valence-electron chi connectivity index (χ2n) is 5.37. The summed E-state index contributed by atoms with van der Waals surface area (Å²) in [5.74, 6) is 3.67. The van der Waals surface area contributed by atoms with E-state index in [1.54, 1.807) is 0 Å². The van der Waals surface area contributed by atoms with Crippen molar-refractivity contribution in [3.8, 4) is 12.3 Å². The molecule has 0 saturated heterocycles. The SMILES string of the molecule is C#CCCN(CC1CCC1)C(C)(C)C. The van der Waals surface area contributed by atoms with Gasteiger partial charge in [-0.1, -0.05) is 6.42 Å². The summed E-state index contributed by atoms with van der Waals surface area (Å²) < 4.78 is 0. The molecule has 0 aromatic heterocycles. The summed E-state index contributed by atoms with van der Waals surface area (Å²) in [6, 6.07) is 0. The summed E-state index contributed by atoms with van der Waals surface area (Å²) in [7, 11) is 0. The summed E-state index contributed by atoms with van der Waals surface area (Å²) in [5, 5.41) is 0. The van der Waals surface area contributed by atoms with Crippen molar-refractivity contribution in [2.75, 3.05) is 13.1 Å². The van der Waals surface area contributed by atoms with Gasteiger partial charge in [0.15, 0.2) is 0 Å². The fraction of sp³-hybridized carbons (Fsp3) is 0.846. The lowest BCUT2D eigenvalue weighted by Gasteiger charge is -2.40. The van der Waals surface area contributed by atoms with Crippen LogP contribution >= 0.6 is 0 Å². The molecule has 1 rings (SSSR count). The van der Waals surface area contributed by atoms with Crippen LogP contribution in [0.4, 0.5) is 0 Å². The molecular weight excluding hydrogens is 170 g/mol. The van der Waals surface area contributed by atoms with Crippen molar-refractivity contribution in [1.29, 1.82) is 0 Å². The standard InChI is InChI=1S/C13H23N/c1-5-6-10-14(13(2,3)4)11-12-8-7-9-12/h1,12H,6-11H2,2-4H3. The molecule has 1 heteroatoms. The van der Waals surface area contributed by atoms with Crippen molar-refractivity contribution < 1.29 is 0 Å². The van der Waals surface area contributed by atoms with Gasteiger partial charge in [-0.25, -0.2) is 0 Å². The van der Waals surface area contributed by atoms with E-state index in [9.17, 15) is 0 Å². The van der Waals surface area contributed by atoms with E-state index < -0.39 is 0 Å². The van der Waals surface area contributed by atoms with Crippen molar-refractivity contribution in [2.24, 2.45) is 5.92 Å². The maximum atomic E-state index is 5.32. The van der Waals surface area contributed by atoms with Crippen LogP contribution in [0.25, 0.3) is 0 Å². The van der Waals surface area contributed by atoms with E-state index in [4.69, 9.17) is 6.42 Å². The van der Waals surface area contributed by atoms with Gasteiger partial charge in [0, 0.05) is 25.0 Å². The molecule has 0 spiro atoms. The predicted octanol–water partition coefficient (Wildman–Crippen LogP) is 2.91. The van der Waals surface area contributed by atoms with E-state index >= 15 is 0 Å². The van der Waals surface area contributed by atoms with Gasteiger partial charge in [-0.2, -0.15) is 0 Å². The fourth-order valence-corrected chi connectivity index (χ4v) is 1.89. The highest BCUT2D eigenvalue weighted by atomic mass is 15.2. The van der Waals surface area contributed by atoms with Gasteiger partial charge in [0.2, 0.25) is 0 Å². The molecule has 0 radical (unpaired) electrons. The summed E-state index contributed by atoms with van der Waals surface area (Å²) in [6.07, 6.45) is 10.5. The summed E-state index contributed by atoms with van der Waals surface area (Å²) >= 11 is 0. The molecule has 1 aliphatic rings. The first-order valence-corrected chi connectivity index (χ1v) is 5.72. The first kappa shape index (κ1) is 11.6. The van der Waals surface area contributed by atoms with E-state index in [-0.39, 0.29) is 5.54 Å². The Kier molecular flexibility index (Phi) is 4.01. The lowest BCUT2D eigenvalue weighted by molar-refractivity contribution is 0.0923. The zero-order valence-corrected chi connectivity index (χ0v) is 9.84. The molecule has 0 aliphatic heterocycles. The number of rotatable bonds is 4. The molecule has 0 aromatic rings. The second kappa shape index (κ2) is 4.84. The van der Waals surface area contributed by atoms with E-state index in [1.165, 1.54) is 25.8 Å². The molecule has 0 N–H and O–H groups in total. The van der Waals surface area contributed by atoms with Gasteiger partial charge in [-0.05, 0) is 39.5 Å². The molecule has 0 unspecified atom stereocenters. The topological polar surface area (TPSA) is 3.24 Å². The zero-order valence-electron chi connectivity index (χ0n) is 9.84. The van der Waals surface area contributed by atoms with Gasteiger partial charge in [0.05, 0.1) is 0 Å². The van der Waals surface area contributed by atoms with Crippen LogP contribution in [0.1, 0.15) is 46.5 Å². The molecular formula is C13H23N. The molecule has 14 heavy (non-hydrogen) atoms. The van der Waals surface area contributed by atoms with E-state index in [0.29, 0.717) is 0 Å². The highest BCUT2D eigenvalue weighted by molar-refractivity contribution is 4.88. The van der Waals surface area contributed by atoms with E-state index in [2.05, 4.69) is 31.6 Å². The lowest BCUT2D eigenvalue weighted by Crippen LogP contribution is -2.45. The largest absolute Gasteiger partial charge is 0.297 e. The van der Waals surface area contributed by atoms with Crippen LogP contribution in [-0.4, -0.2) is 23.5 Å². The molecule has 1 aliphatic carbocycles. The van der Waals surface area contributed by atoms with E-state index in [0.717, 1.165) is 18.9 Å². The van der Waals surface area contributed by atoms with Gasteiger partial charge >= 0.3 is 0 Å². The Morgan fingerprint density at radius 1 is 1.36 bits per heavy atom.